The minimum atomic E-state index is -3.79. The molecule has 0 unspecified atom stereocenters. The number of hydrogen-bond donors (Lipinski definition) is 1. The van der Waals surface area contributed by atoms with E-state index in [1.807, 2.05) is 19.9 Å². The SMILES string of the molecule is Cc1cc(C)n(-c2cc(Oc3ccc(NS(=O)(=O)c4cc(Cl)ccc4C)cc3)nc(C)n2)n1. The molecular formula is C23H22ClN5O3S. The van der Waals surface area contributed by atoms with Crippen LogP contribution in [0.2, 0.25) is 5.02 Å². The molecule has 8 nitrogen and oxygen atoms in total. The molecule has 170 valence electrons. The summed E-state index contributed by atoms with van der Waals surface area (Å²) in [5.74, 6) is 1.99. The van der Waals surface area contributed by atoms with Crippen molar-refractivity contribution in [1.82, 2.24) is 19.7 Å². The fourth-order valence-electron chi connectivity index (χ4n) is 3.33. The molecule has 10 heteroatoms. The average Bonchev–Trinajstić information content (AvgIpc) is 3.08. The summed E-state index contributed by atoms with van der Waals surface area (Å²) >= 11 is 5.97. The number of aromatic nitrogens is 4. The van der Waals surface area contributed by atoms with Gasteiger partial charge in [0.1, 0.15) is 11.6 Å². The molecule has 2 aromatic carbocycles. The zero-order valence-corrected chi connectivity index (χ0v) is 20.1. The van der Waals surface area contributed by atoms with Gasteiger partial charge in [0.25, 0.3) is 10.0 Å². The second-order valence-electron chi connectivity index (χ2n) is 7.59. The second-order valence-corrected chi connectivity index (χ2v) is 9.68. The van der Waals surface area contributed by atoms with Gasteiger partial charge in [0, 0.05) is 22.5 Å². The summed E-state index contributed by atoms with van der Waals surface area (Å²) in [5.41, 5.74) is 2.83. The maximum Gasteiger partial charge on any atom is 0.262 e. The van der Waals surface area contributed by atoms with Gasteiger partial charge in [-0.25, -0.2) is 18.1 Å². The highest BCUT2D eigenvalue weighted by atomic mass is 35.5. The van der Waals surface area contributed by atoms with Gasteiger partial charge in [0.05, 0.1) is 10.6 Å². The predicted octanol–water partition coefficient (Wildman–Crippen LogP) is 5.14. The van der Waals surface area contributed by atoms with E-state index in [9.17, 15) is 8.42 Å². The Bertz CT molecular complexity index is 1430. The highest BCUT2D eigenvalue weighted by molar-refractivity contribution is 7.92. The van der Waals surface area contributed by atoms with E-state index in [0.29, 0.717) is 39.5 Å². The molecule has 1 N–H and O–H groups in total. The van der Waals surface area contributed by atoms with Crippen LogP contribution in [0.5, 0.6) is 11.6 Å². The largest absolute Gasteiger partial charge is 0.439 e. The summed E-state index contributed by atoms with van der Waals surface area (Å²) < 4.78 is 35.7. The zero-order valence-electron chi connectivity index (χ0n) is 18.5. The van der Waals surface area contributed by atoms with Gasteiger partial charge in [-0.05, 0) is 75.7 Å². The summed E-state index contributed by atoms with van der Waals surface area (Å²) in [6.45, 7) is 7.35. The van der Waals surface area contributed by atoms with Crippen LogP contribution in [-0.2, 0) is 10.0 Å². The maximum atomic E-state index is 12.8. The first kappa shape index (κ1) is 22.8. The molecule has 0 radical (unpaired) electrons. The third kappa shape index (κ3) is 5.15. The standard InChI is InChI=1S/C23H22ClN5O3S/c1-14-5-6-18(24)12-21(14)33(30,31)28-19-7-9-20(10-8-19)32-23-13-22(25-17(4)26-23)29-16(3)11-15(2)27-29/h5-13,28H,1-4H3. The molecule has 0 atom stereocenters. The number of rotatable bonds is 6. The third-order valence-corrected chi connectivity index (χ3v) is 6.55. The first-order chi connectivity index (χ1) is 15.6. The Labute approximate surface area is 197 Å². The molecular weight excluding hydrogens is 462 g/mol. The molecule has 0 bridgehead atoms. The molecule has 2 heterocycles. The van der Waals surface area contributed by atoms with Crippen LogP contribution >= 0.6 is 11.6 Å². The van der Waals surface area contributed by atoms with Crippen LogP contribution in [0.3, 0.4) is 0 Å². The second kappa shape index (κ2) is 8.84. The fraction of sp³-hybridized carbons (Fsp3) is 0.174. The Kier molecular flexibility index (Phi) is 6.09. The Morgan fingerprint density at radius 3 is 2.33 bits per heavy atom. The summed E-state index contributed by atoms with van der Waals surface area (Å²) in [4.78, 5) is 8.90. The normalized spacial score (nSPS) is 11.4. The van der Waals surface area contributed by atoms with Crippen molar-refractivity contribution in [2.24, 2.45) is 0 Å². The number of benzene rings is 2. The van der Waals surface area contributed by atoms with Gasteiger partial charge in [0.15, 0.2) is 5.82 Å². The first-order valence-electron chi connectivity index (χ1n) is 10.1. The quantitative estimate of drug-likeness (QED) is 0.407. The lowest BCUT2D eigenvalue weighted by Gasteiger charge is -2.12. The monoisotopic (exact) mass is 483 g/mol. The Balaban J connectivity index is 1.54. The zero-order chi connectivity index (χ0) is 23.8. The van der Waals surface area contributed by atoms with Crippen LogP contribution in [0.4, 0.5) is 5.69 Å². The summed E-state index contributed by atoms with van der Waals surface area (Å²) in [5, 5.41) is 4.80. The molecule has 4 rings (SSSR count). The lowest BCUT2D eigenvalue weighted by molar-refractivity contribution is 0.459. The lowest BCUT2D eigenvalue weighted by atomic mass is 10.2. The van der Waals surface area contributed by atoms with E-state index in [-0.39, 0.29) is 4.90 Å². The van der Waals surface area contributed by atoms with Crippen LogP contribution in [0.1, 0.15) is 22.8 Å². The predicted molar refractivity (Wildman–Crippen MR) is 127 cm³/mol. The van der Waals surface area contributed by atoms with E-state index in [1.165, 1.54) is 6.07 Å². The maximum absolute atomic E-state index is 12.8. The van der Waals surface area contributed by atoms with Gasteiger partial charge in [0.2, 0.25) is 5.88 Å². The Morgan fingerprint density at radius 1 is 0.939 bits per heavy atom. The van der Waals surface area contributed by atoms with Crippen LogP contribution in [0, 0.1) is 27.7 Å². The molecule has 0 amide bonds. The number of hydrogen-bond acceptors (Lipinski definition) is 6. The van der Waals surface area contributed by atoms with Crippen molar-refractivity contribution in [2.75, 3.05) is 4.72 Å². The van der Waals surface area contributed by atoms with Crippen molar-refractivity contribution in [2.45, 2.75) is 32.6 Å². The van der Waals surface area contributed by atoms with E-state index < -0.39 is 10.0 Å². The molecule has 2 aromatic heterocycles. The van der Waals surface area contributed by atoms with Gasteiger partial charge in [-0.2, -0.15) is 10.1 Å². The molecule has 4 aromatic rings. The van der Waals surface area contributed by atoms with E-state index in [4.69, 9.17) is 16.3 Å². The van der Waals surface area contributed by atoms with Gasteiger partial charge >= 0.3 is 0 Å². The van der Waals surface area contributed by atoms with Gasteiger partial charge in [-0.1, -0.05) is 17.7 Å². The van der Waals surface area contributed by atoms with Crippen molar-refractivity contribution >= 4 is 27.3 Å². The van der Waals surface area contributed by atoms with E-state index in [0.717, 1.165) is 11.4 Å². The van der Waals surface area contributed by atoms with Crippen LogP contribution in [-0.4, -0.2) is 28.2 Å². The van der Waals surface area contributed by atoms with Crippen LogP contribution < -0.4 is 9.46 Å². The molecule has 0 saturated carbocycles. The van der Waals surface area contributed by atoms with Crippen molar-refractivity contribution in [3.05, 3.63) is 82.4 Å². The number of sulfonamides is 1. The third-order valence-electron chi connectivity index (χ3n) is 4.80. The number of nitrogens with zero attached hydrogens (tertiary/aromatic N) is 4. The average molecular weight is 484 g/mol. The Hall–Kier alpha value is -3.43. The first-order valence-corrected chi connectivity index (χ1v) is 11.9. The van der Waals surface area contributed by atoms with Crippen molar-refractivity contribution < 1.29 is 13.2 Å². The van der Waals surface area contributed by atoms with Gasteiger partial charge in [-0.3, -0.25) is 4.72 Å². The minimum Gasteiger partial charge on any atom is -0.439 e. The van der Waals surface area contributed by atoms with Crippen LogP contribution in [0.15, 0.2) is 59.5 Å². The van der Waals surface area contributed by atoms with Crippen molar-refractivity contribution in [1.29, 1.82) is 0 Å². The molecule has 0 fully saturated rings. The molecule has 0 aliphatic carbocycles. The van der Waals surface area contributed by atoms with Crippen LogP contribution in [0.25, 0.3) is 5.82 Å². The smallest absolute Gasteiger partial charge is 0.262 e. The molecule has 0 aliphatic rings. The Morgan fingerprint density at radius 2 is 1.67 bits per heavy atom. The fourth-order valence-corrected chi connectivity index (χ4v) is 4.90. The van der Waals surface area contributed by atoms with Gasteiger partial charge < -0.3 is 4.74 Å². The number of anilines is 1. The molecule has 33 heavy (non-hydrogen) atoms. The minimum absolute atomic E-state index is 0.128. The molecule has 0 spiro atoms. The number of ether oxygens (including phenoxy) is 1. The van der Waals surface area contributed by atoms with E-state index in [2.05, 4.69) is 19.8 Å². The highest BCUT2D eigenvalue weighted by Gasteiger charge is 2.17. The topological polar surface area (TPSA) is 99.0 Å². The summed E-state index contributed by atoms with van der Waals surface area (Å²) in [7, 11) is -3.79. The number of halogens is 1. The van der Waals surface area contributed by atoms with E-state index in [1.54, 1.807) is 61.0 Å². The molecule has 0 saturated heterocycles. The summed E-state index contributed by atoms with van der Waals surface area (Å²) in [6, 6.07) is 14.9. The molecule has 0 aliphatic heterocycles. The number of nitrogens with one attached hydrogen (secondary N) is 1. The lowest BCUT2D eigenvalue weighted by Crippen LogP contribution is -2.14. The van der Waals surface area contributed by atoms with Gasteiger partial charge in [-0.15, -0.1) is 0 Å². The van der Waals surface area contributed by atoms with Crippen molar-refractivity contribution in [3.63, 3.8) is 0 Å². The highest BCUT2D eigenvalue weighted by Crippen LogP contribution is 2.26. The number of aryl methyl sites for hydroxylation is 4. The van der Waals surface area contributed by atoms with Crippen molar-refractivity contribution in [3.8, 4) is 17.4 Å². The van der Waals surface area contributed by atoms with E-state index >= 15 is 0 Å². The summed E-state index contributed by atoms with van der Waals surface area (Å²) in [6.07, 6.45) is 0.